The summed E-state index contributed by atoms with van der Waals surface area (Å²) < 4.78 is 1.19. The van der Waals surface area contributed by atoms with E-state index in [1.165, 1.54) is 9.60 Å². The predicted molar refractivity (Wildman–Crippen MR) is 90.4 cm³/mol. The first kappa shape index (κ1) is 14.6. The van der Waals surface area contributed by atoms with Crippen molar-refractivity contribution in [1.29, 1.82) is 0 Å². The number of aromatic nitrogens is 1. The highest BCUT2D eigenvalue weighted by atomic mass is 32.1. The Kier molecular flexibility index (Phi) is 3.77. The van der Waals surface area contributed by atoms with Crippen molar-refractivity contribution in [1.82, 2.24) is 9.88 Å². The minimum Gasteiger partial charge on any atom is -0.381 e. The van der Waals surface area contributed by atoms with E-state index in [4.69, 9.17) is 0 Å². The Morgan fingerprint density at radius 3 is 2.57 bits per heavy atom. The van der Waals surface area contributed by atoms with Crippen LogP contribution in [0, 0.1) is 0 Å². The maximum atomic E-state index is 11.9. The van der Waals surface area contributed by atoms with Gasteiger partial charge in [0.15, 0.2) is 0 Å². The standard InChI is InChI=1S/C17H19N3O2S/c21-15-5-6-16(22)20(15)12-3-1-11(2-4-12)19-14-7-9-18-13-8-10-23-17(13)14/h7-12H,1-6H2,(H,18,19). The average molecular weight is 329 g/mol. The minimum atomic E-state index is 0.0147. The number of imide groups is 1. The molecule has 2 aromatic heterocycles. The van der Waals surface area contributed by atoms with Crippen molar-refractivity contribution in [3.8, 4) is 0 Å². The first-order valence-corrected chi connectivity index (χ1v) is 9.04. The number of carbonyl (C=O) groups excluding carboxylic acids is 2. The lowest BCUT2D eigenvalue weighted by Gasteiger charge is -2.34. The smallest absolute Gasteiger partial charge is 0.229 e. The lowest BCUT2D eigenvalue weighted by atomic mass is 9.90. The third-order valence-corrected chi connectivity index (χ3v) is 5.79. The molecule has 0 unspecified atom stereocenters. The summed E-state index contributed by atoms with van der Waals surface area (Å²) >= 11 is 1.70. The molecular formula is C17H19N3O2S. The van der Waals surface area contributed by atoms with Crippen LogP contribution in [-0.2, 0) is 9.59 Å². The van der Waals surface area contributed by atoms with Crippen LogP contribution in [0.3, 0.4) is 0 Å². The van der Waals surface area contributed by atoms with Crippen LogP contribution in [0.5, 0.6) is 0 Å². The highest BCUT2D eigenvalue weighted by molar-refractivity contribution is 7.17. The van der Waals surface area contributed by atoms with E-state index in [2.05, 4.69) is 15.7 Å². The minimum absolute atomic E-state index is 0.0147. The first-order chi connectivity index (χ1) is 11.2. The zero-order valence-electron chi connectivity index (χ0n) is 12.8. The summed E-state index contributed by atoms with van der Waals surface area (Å²) in [6.07, 6.45) is 6.38. The Morgan fingerprint density at radius 2 is 1.83 bits per heavy atom. The molecular weight excluding hydrogens is 310 g/mol. The number of nitrogens with zero attached hydrogens (tertiary/aromatic N) is 2. The van der Waals surface area contributed by atoms with Crippen molar-refractivity contribution < 1.29 is 9.59 Å². The van der Waals surface area contributed by atoms with E-state index in [1.807, 2.05) is 18.3 Å². The third kappa shape index (κ3) is 2.72. The second-order valence-electron chi connectivity index (χ2n) is 6.30. The summed E-state index contributed by atoms with van der Waals surface area (Å²) in [5.74, 6) is 0.0293. The number of carbonyl (C=O) groups is 2. The van der Waals surface area contributed by atoms with E-state index in [1.54, 1.807) is 11.3 Å². The number of hydrogen-bond acceptors (Lipinski definition) is 5. The Bertz CT molecular complexity index is 733. The van der Waals surface area contributed by atoms with E-state index >= 15 is 0 Å². The number of anilines is 1. The zero-order valence-corrected chi connectivity index (χ0v) is 13.6. The molecule has 0 radical (unpaired) electrons. The van der Waals surface area contributed by atoms with Crippen molar-refractivity contribution in [2.75, 3.05) is 5.32 Å². The molecule has 2 fully saturated rings. The van der Waals surface area contributed by atoms with Gasteiger partial charge in [-0.25, -0.2) is 0 Å². The molecule has 120 valence electrons. The Labute approximate surface area is 138 Å². The lowest BCUT2D eigenvalue weighted by Crippen LogP contribution is -2.43. The molecule has 2 aliphatic rings. The number of amides is 2. The summed E-state index contributed by atoms with van der Waals surface area (Å²) in [5, 5.41) is 5.69. The molecule has 23 heavy (non-hydrogen) atoms. The molecule has 0 aromatic carbocycles. The monoisotopic (exact) mass is 329 g/mol. The topological polar surface area (TPSA) is 62.3 Å². The maximum Gasteiger partial charge on any atom is 0.229 e. The van der Waals surface area contributed by atoms with Gasteiger partial charge in [-0.15, -0.1) is 11.3 Å². The molecule has 1 saturated heterocycles. The zero-order chi connectivity index (χ0) is 15.8. The van der Waals surface area contributed by atoms with Gasteiger partial charge >= 0.3 is 0 Å². The molecule has 0 atom stereocenters. The van der Waals surface area contributed by atoms with Crippen LogP contribution in [0.4, 0.5) is 5.69 Å². The van der Waals surface area contributed by atoms with Crippen molar-refractivity contribution in [3.63, 3.8) is 0 Å². The van der Waals surface area contributed by atoms with E-state index < -0.39 is 0 Å². The van der Waals surface area contributed by atoms with Crippen LogP contribution in [0.15, 0.2) is 23.7 Å². The fourth-order valence-corrected chi connectivity index (χ4v) is 4.51. The molecule has 1 saturated carbocycles. The Hall–Kier alpha value is -1.95. The van der Waals surface area contributed by atoms with Crippen LogP contribution < -0.4 is 5.32 Å². The Morgan fingerprint density at radius 1 is 1.09 bits per heavy atom. The van der Waals surface area contributed by atoms with E-state index in [-0.39, 0.29) is 17.9 Å². The van der Waals surface area contributed by atoms with Gasteiger partial charge in [0.2, 0.25) is 11.8 Å². The van der Waals surface area contributed by atoms with Crippen molar-refractivity contribution in [2.45, 2.75) is 50.6 Å². The number of fused-ring (bicyclic) bond motifs is 1. The molecule has 0 bridgehead atoms. The molecule has 6 heteroatoms. The number of nitrogens with one attached hydrogen (secondary N) is 1. The van der Waals surface area contributed by atoms with Gasteiger partial charge in [0.05, 0.1) is 15.9 Å². The molecule has 2 aromatic rings. The van der Waals surface area contributed by atoms with Gasteiger partial charge in [0.25, 0.3) is 0 Å². The maximum absolute atomic E-state index is 11.9. The number of rotatable bonds is 3. The van der Waals surface area contributed by atoms with Crippen LogP contribution in [0.1, 0.15) is 38.5 Å². The van der Waals surface area contributed by atoms with Gasteiger partial charge in [-0.2, -0.15) is 0 Å². The van der Waals surface area contributed by atoms with Crippen LogP contribution in [-0.4, -0.2) is 33.8 Å². The van der Waals surface area contributed by atoms with E-state index in [0.29, 0.717) is 18.9 Å². The quantitative estimate of drug-likeness (QED) is 0.879. The molecule has 4 rings (SSSR count). The molecule has 1 aliphatic heterocycles. The van der Waals surface area contributed by atoms with Crippen molar-refractivity contribution in [2.24, 2.45) is 0 Å². The van der Waals surface area contributed by atoms with Crippen molar-refractivity contribution >= 4 is 39.1 Å². The van der Waals surface area contributed by atoms with Crippen molar-refractivity contribution in [3.05, 3.63) is 23.7 Å². The number of likely N-dealkylation sites (tertiary alicyclic amines) is 1. The lowest BCUT2D eigenvalue weighted by molar-refractivity contribution is -0.141. The molecule has 1 aliphatic carbocycles. The van der Waals surface area contributed by atoms with Gasteiger partial charge in [0.1, 0.15) is 0 Å². The SMILES string of the molecule is O=C1CCC(=O)N1C1CCC(Nc2ccnc3ccsc23)CC1. The second kappa shape index (κ2) is 5.92. The number of thiophene rings is 1. The van der Waals surface area contributed by atoms with E-state index in [0.717, 1.165) is 36.9 Å². The number of hydrogen-bond donors (Lipinski definition) is 1. The van der Waals surface area contributed by atoms with Gasteiger partial charge in [-0.3, -0.25) is 19.5 Å². The normalized spacial score (nSPS) is 25.3. The summed E-state index contributed by atoms with van der Waals surface area (Å²) in [4.78, 5) is 29.6. The predicted octanol–water partition coefficient (Wildman–Crippen LogP) is 3.17. The molecule has 1 N–H and O–H groups in total. The average Bonchev–Trinajstić information content (AvgIpc) is 3.16. The van der Waals surface area contributed by atoms with Crippen LogP contribution in [0.25, 0.3) is 10.2 Å². The fourth-order valence-electron chi connectivity index (χ4n) is 3.69. The summed E-state index contributed by atoms with van der Waals surface area (Å²) in [5.41, 5.74) is 2.17. The van der Waals surface area contributed by atoms with Gasteiger partial charge in [-0.05, 0) is 43.2 Å². The Balaban J connectivity index is 1.41. The third-order valence-electron chi connectivity index (χ3n) is 4.86. The summed E-state index contributed by atoms with van der Waals surface area (Å²) in [6, 6.07) is 4.56. The van der Waals surface area contributed by atoms with Gasteiger partial charge in [0, 0.05) is 31.1 Å². The molecule has 0 spiro atoms. The molecule has 2 amide bonds. The van der Waals surface area contributed by atoms with E-state index in [9.17, 15) is 9.59 Å². The van der Waals surface area contributed by atoms with Crippen LogP contribution >= 0.6 is 11.3 Å². The first-order valence-electron chi connectivity index (χ1n) is 8.16. The fraction of sp³-hybridized carbons (Fsp3) is 0.471. The largest absolute Gasteiger partial charge is 0.381 e. The second-order valence-corrected chi connectivity index (χ2v) is 7.22. The van der Waals surface area contributed by atoms with Gasteiger partial charge in [-0.1, -0.05) is 0 Å². The van der Waals surface area contributed by atoms with Crippen LogP contribution in [0.2, 0.25) is 0 Å². The summed E-state index contributed by atoms with van der Waals surface area (Å²) in [7, 11) is 0. The molecule has 5 nitrogen and oxygen atoms in total. The summed E-state index contributed by atoms with van der Waals surface area (Å²) in [6.45, 7) is 0. The molecule has 3 heterocycles. The highest BCUT2D eigenvalue weighted by Crippen LogP contribution is 2.32. The van der Waals surface area contributed by atoms with Gasteiger partial charge < -0.3 is 5.32 Å². The highest BCUT2D eigenvalue weighted by Gasteiger charge is 2.36. The number of pyridine rings is 1.